The van der Waals surface area contributed by atoms with Crippen LogP contribution < -0.4 is 0 Å². The van der Waals surface area contributed by atoms with Crippen molar-refractivity contribution in [3.8, 4) is 0 Å². The zero-order chi connectivity index (χ0) is 14.1. The summed E-state index contributed by atoms with van der Waals surface area (Å²) in [6.07, 6.45) is 0. The molecule has 6 heteroatoms. The van der Waals surface area contributed by atoms with Crippen LogP contribution in [0.5, 0.6) is 0 Å². The van der Waals surface area contributed by atoms with E-state index in [9.17, 15) is 0 Å². The van der Waals surface area contributed by atoms with Gasteiger partial charge in [0.1, 0.15) is 0 Å². The number of rotatable bonds is 3. The normalized spacial score (nSPS) is 35.5. The Bertz CT molecular complexity index is 308. The molecule has 3 heterocycles. The van der Waals surface area contributed by atoms with E-state index in [0.29, 0.717) is 0 Å². The third-order valence-corrected chi connectivity index (χ3v) is 8.94. The summed E-state index contributed by atoms with van der Waals surface area (Å²) in [5.41, 5.74) is -0.160. The second kappa shape index (κ2) is 5.57. The highest BCUT2D eigenvalue weighted by atomic mass is 28.4. The van der Waals surface area contributed by atoms with Crippen LogP contribution in [-0.2, 0) is 13.3 Å². The lowest BCUT2D eigenvalue weighted by Crippen LogP contribution is -2.61. The van der Waals surface area contributed by atoms with E-state index in [-0.39, 0.29) is 5.60 Å². The molecule has 0 aliphatic carbocycles. The van der Waals surface area contributed by atoms with Crippen LogP contribution in [0, 0.1) is 0 Å². The van der Waals surface area contributed by atoms with E-state index in [0.717, 1.165) is 38.9 Å². The minimum atomic E-state index is -2.46. The molecule has 3 saturated heterocycles. The number of hydrogen-bond acceptors (Lipinski definition) is 4. The molecule has 0 spiro atoms. The van der Waals surface area contributed by atoms with E-state index in [4.69, 9.17) is 13.3 Å². The van der Waals surface area contributed by atoms with Gasteiger partial charge in [-0.15, -0.1) is 0 Å². The van der Waals surface area contributed by atoms with Crippen LogP contribution in [0.4, 0.5) is 0 Å². The predicted octanol–water partition coefficient (Wildman–Crippen LogP) is 2.42. The first-order valence-corrected chi connectivity index (χ1v) is 13.0. The molecule has 4 nitrogen and oxygen atoms in total. The highest BCUT2D eigenvalue weighted by Crippen LogP contribution is 2.31. The Kier molecular flexibility index (Phi) is 4.59. The average Bonchev–Trinajstić information content (AvgIpc) is 2.18. The summed E-state index contributed by atoms with van der Waals surface area (Å²) >= 11 is 0. The summed E-state index contributed by atoms with van der Waals surface area (Å²) in [6, 6.07) is 2.21. The van der Waals surface area contributed by atoms with Crippen LogP contribution in [0.15, 0.2) is 0 Å². The Morgan fingerprint density at radius 3 is 2.21 bits per heavy atom. The van der Waals surface area contributed by atoms with Gasteiger partial charge in [-0.25, -0.2) is 0 Å². The van der Waals surface area contributed by atoms with Gasteiger partial charge in [-0.3, -0.25) is 4.90 Å². The first kappa shape index (κ1) is 15.7. The first-order valence-electron chi connectivity index (χ1n) is 7.40. The van der Waals surface area contributed by atoms with Crippen molar-refractivity contribution in [3.05, 3.63) is 0 Å². The Labute approximate surface area is 119 Å². The molecular weight excluding hydrogens is 274 g/mol. The third-order valence-electron chi connectivity index (χ3n) is 3.68. The lowest BCUT2D eigenvalue weighted by atomic mass is 10.1. The van der Waals surface area contributed by atoms with Gasteiger partial charge < -0.3 is 13.3 Å². The summed E-state index contributed by atoms with van der Waals surface area (Å²) in [5.74, 6) is 0. The predicted molar refractivity (Wildman–Crippen MR) is 82.2 cm³/mol. The van der Waals surface area contributed by atoms with Crippen molar-refractivity contribution < 1.29 is 13.3 Å². The lowest BCUT2D eigenvalue weighted by molar-refractivity contribution is -0.0757. The maximum atomic E-state index is 6.41. The van der Waals surface area contributed by atoms with Gasteiger partial charge in [0.05, 0.1) is 18.8 Å². The fraction of sp³-hybridized carbons (Fsp3) is 1.00. The van der Waals surface area contributed by atoms with E-state index >= 15 is 0 Å². The van der Waals surface area contributed by atoms with Gasteiger partial charge in [-0.1, -0.05) is 25.7 Å². The van der Waals surface area contributed by atoms with Gasteiger partial charge in [-0.05, 0) is 13.8 Å². The summed E-state index contributed by atoms with van der Waals surface area (Å²) in [6.45, 7) is 16.1. The minimum Gasteiger partial charge on any atom is -0.372 e. The second-order valence-corrected chi connectivity index (χ2v) is 15.8. The quantitative estimate of drug-likeness (QED) is 0.749. The zero-order valence-corrected chi connectivity index (χ0v) is 15.1. The van der Waals surface area contributed by atoms with Crippen molar-refractivity contribution in [2.24, 2.45) is 0 Å². The summed E-state index contributed by atoms with van der Waals surface area (Å²) in [4.78, 5) is 2.38. The van der Waals surface area contributed by atoms with Gasteiger partial charge >= 0.3 is 8.80 Å². The molecule has 0 saturated carbocycles. The fourth-order valence-corrected chi connectivity index (χ4v) is 9.27. The monoisotopic (exact) mass is 303 g/mol. The molecule has 0 aromatic carbocycles. The Balaban J connectivity index is 2.13. The standard InChI is InChI=1S/C13H29NO3Si2/c1-13(2)12-14-6-8-15-19(17-13,16-9-7-14)11-10-18(3,4)5/h6-12H2,1-5H3. The highest BCUT2D eigenvalue weighted by Gasteiger charge is 2.49. The average molecular weight is 304 g/mol. The molecule has 2 bridgehead atoms. The largest absolute Gasteiger partial charge is 0.501 e. The molecule has 112 valence electrons. The van der Waals surface area contributed by atoms with E-state index in [1.165, 1.54) is 6.04 Å². The number of hydrogen-bond donors (Lipinski definition) is 0. The fourth-order valence-electron chi connectivity index (χ4n) is 2.75. The van der Waals surface area contributed by atoms with Crippen LogP contribution in [-0.4, -0.2) is 60.2 Å². The van der Waals surface area contributed by atoms with Gasteiger partial charge in [-0.2, -0.15) is 0 Å². The van der Waals surface area contributed by atoms with Crippen molar-refractivity contribution in [2.45, 2.75) is 51.2 Å². The molecule has 3 aliphatic heterocycles. The van der Waals surface area contributed by atoms with Crippen LogP contribution in [0.2, 0.25) is 31.7 Å². The Morgan fingerprint density at radius 2 is 1.68 bits per heavy atom. The van der Waals surface area contributed by atoms with Gasteiger partial charge in [0.25, 0.3) is 0 Å². The summed E-state index contributed by atoms with van der Waals surface area (Å²) in [5, 5.41) is 0. The molecule has 3 aliphatic rings. The molecular formula is C13H29NO3Si2. The van der Waals surface area contributed by atoms with E-state index < -0.39 is 16.9 Å². The SMILES string of the molecule is CC1(C)CN2CCO[Si](CC[Si](C)(C)C)(OCC2)O1. The molecule has 0 amide bonds. The van der Waals surface area contributed by atoms with Gasteiger partial charge in [0.2, 0.25) is 0 Å². The molecule has 0 radical (unpaired) electrons. The molecule has 3 rings (SSSR count). The van der Waals surface area contributed by atoms with Crippen molar-refractivity contribution in [1.82, 2.24) is 4.90 Å². The van der Waals surface area contributed by atoms with E-state index in [1.54, 1.807) is 0 Å². The van der Waals surface area contributed by atoms with Crippen molar-refractivity contribution >= 4 is 16.9 Å². The maximum Gasteiger partial charge on any atom is 0.501 e. The van der Waals surface area contributed by atoms with Crippen molar-refractivity contribution in [3.63, 3.8) is 0 Å². The Morgan fingerprint density at radius 1 is 1.11 bits per heavy atom. The molecule has 19 heavy (non-hydrogen) atoms. The van der Waals surface area contributed by atoms with E-state index in [2.05, 4.69) is 38.4 Å². The molecule has 0 aromatic heterocycles. The van der Waals surface area contributed by atoms with Crippen LogP contribution in [0.25, 0.3) is 0 Å². The highest BCUT2D eigenvalue weighted by molar-refractivity contribution is 6.77. The Hall–Kier alpha value is 0.274. The third kappa shape index (κ3) is 4.65. The molecule has 0 aromatic rings. The lowest BCUT2D eigenvalue weighted by Gasteiger charge is -2.45. The summed E-state index contributed by atoms with van der Waals surface area (Å²) < 4.78 is 18.7. The molecule has 0 unspecified atom stereocenters. The van der Waals surface area contributed by atoms with Crippen LogP contribution in [0.3, 0.4) is 0 Å². The maximum absolute atomic E-state index is 6.41. The van der Waals surface area contributed by atoms with Crippen molar-refractivity contribution in [2.75, 3.05) is 32.8 Å². The smallest absolute Gasteiger partial charge is 0.372 e. The van der Waals surface area contributed by atoms with Crippen LogP contribution >= 0.6 is 0 Å². The zero-order valence-electron chi connectivity index (χ0n) is 13.1. The number of fused-ring (bicyclic) bond motifs is 6. The molecule has 0 atom stereocenters. The van der Waals surface area contributed by atoms with Gasteiger partial charge in [0, 0.05) is 33.8 Å². The molecule has 3 fully saturated rings. The number of nitrogens with zero attached hydrogens (tertiary/aromatic N) is 1. The van der Waals surface area contributed by atoms with E-state index in [1.807, 2.05) is 0 Å². The summed E-state index contributed by atoms with van der Waals surface area (Å²) in [7, 11) is -3.56. The topological polar surface area (TPSA) is 30.9 Å². The molecule has 0 N–H and O–H groups in total. The first-order chi connectivity index (χ1) is 8.70. The van der Waals surface area contributed by atoms with Gasteiger partial charge in [0.15, 0.2) is 0 Å². The second-order valence-electron chi connectivity index (χ2n) is 7.58. The minimum absolute atomic E-state index is 0.160. The van der Waals surface area contributed by atoms with Crippen LogP contribution in [0.1, 0.15) is 13.8 Å². The van der Waals surface area contributed by atoms with Crippen molar-refractivity contribution in [1.29, 1.82) is 0 Å².